The average Bonchev–Trinajstić information content (AvgIpc) is 2.95. The summed E-state index contributed by atoms with van der Waals surface area (Å²) in [4.78, 5) is 62.8. The summed E-state index contributed by atoms with van der Waals surface area (Å²) in [5, 5.41) is 26.8. The predicted octanol–water partition coefficient (Wildman–Crippen LogP) is -0.562. The van der Waals surface area contributed by atoms with Gasteiger partial charge < -0.3 is 43.4 Å². The molecule has 4 unspecified atom stereocenters. The maximum absolute atomic E-state index is 13.4. The van der Waals surface area contributed by atoms with Crippen molar-refractivity contribution >= 4 is 29.6 Å². The molecular weight excluding hydrogens is 544 g/mol. The zero-order valence-electron chi connectivity index (χ0n) is 23.3. The van der Waals surface area contributed by atoms with E-state index in [1.807, 2.05) is 6.07 Å². The maximum Gasteiger partial charge on any atom is 0.326 e. The minimum atomic E-state index is -1.26. The first-order valence-electron chi connectivity index (χ1n) is 13.7. The molecule has 2 aromatic rings. The number of carboxylic acid groups (broad SMARTS) is 1. The number of aliphatic carboxylic acids is 1. The molecule has 0 aliphatic rings. The van der Waals surface area contributed by atoms with E-state index in [-0.39, 0.29) is 37.9 Å². The van der Waals surface area contributed by atoms with Crippen molar-refractivity contribution < 1.29 is 34.2 Å². The molecule has 2 aromatic carbocycles. The Bertz CT molecular complexity index is 1190. The van der Waals surface area contributed by atoms with Gasteiger partial charge in [0.1, 0.15) is 23.9 Å². The van der Waals surface area contributed by atoms with Crippen molar-refractivity contribution in [1.82, 2.24) is 16.0 Å². The smallest absolute Gasteiger partial charge is 0.326 e. The molecule has 0 fully saturated rings. The number of nitrogens with one attached hydrogen (secondary N) is 3. The molecule has 2 rings (SSSR count). The van der Waals surface area contributed by atoms with Gasteiger partial charge in [-0.2, -0.15) is 0 Å². The van der Waals surface area contributed by atoms with E-state index in [1.165, 1.54) is 12.1 Å². The Balaban J connectivity index is 2.23. The molecule has 0 saturated heterocycles. The summed E-state index contributed by atoms with van der Waals surface area (Å²) in [6.07, 6.45) is 0.919. The van der Waals surface area contributed by atoms with Crippen LogP contribution in [0.1, 0.15) is 43.2 Å². The normalized spacial score (nSPS) is 13.7. The van der Waals surface area contributed by atoms with E-state index < -0.39 is 53.8 Å². The lowest BCUT2D eigenvalue weighted by molar-refractivity contribution is -0.142. The zero-order valence-corrected chi connectivity index (χ0v) is 23.3. The summed E-state index contributed by atoms with van der Waals surface area (Å²) in [5.74, 6) is -4.14. The van der Waals surface area contributed by atoms with Crippen LogP contribution in [-0.4, -0.2) is 70.5 Å². The van der Waals surface area contributed by atoms with E-state index in [2.05, 4.69) is 16.0 Å². The van der Waals surface area contributed by atoms with Gasteiger partial charge in [-0.15, -0.1) is 0 Å². The van der Waals surface area contributed by atoms with Crippen molar-refractivity contribution in [2.45, 2.75) is 69.1 Å². The number of phenols is 1. The summed E-state index contributed by atoms with van der Waals surface area (Å²) < 4.78 is 0. The second-order valence-corrected chi connectivity index (χ2v) is 9.98. The fraction of sp³-hybridized carbons (Fsp3) is 0.414. The number of phenolic OH excluding ortho intramolecular Hbond substituents is 1. The average molecular weight is 585 g/mol. The minimum Gasteiger partial charge on any atom is -0.508 e. The molecule has 228 valence electrons. The Kier molecular flexibility index (Phi) is 13.9. The Hall–Kier alpha value is -4.49. The predicted molar refractivity (Wildman–Crippen MR) is 155 cm³/mol. The third kappa shape index (κ3) is 11.9. The standard InChI is InChI=1S/C29H40N6O7/c30-15-5-4-8-23(29(41)42)34-28(40)24(17-19-9-11-20(36)12-10-19)35-27(39)22(13-14-25(32)37)33-26(38)21(31)16-18-6-2-1-3-7-18/h1-3,6-7,9-12,21-24,36H,4-5,8,13-17,30-31H2,(H2,32,37)(H,33,38)(H,34,40)(H,35,39)(H,41,42). The van der Waals surface area contributed by atoms with Gasteiger partial charge in [0.25, 0.3) is 0 Å². The second-order valence-electron chi connectivity index (χ2n) is 9.98. The number of benzene rings is 2. The molecule has 11 N–H and O–H groups in total. The highest BCUT2D eigenvalue weighted by molar-refractivity contribution is 5.94. The first-order chi connectivity index (χ1) is 20.0. The molecule has 42 heavy (non-hydrogen) atoms. The molecule has 0 bridgehead atoms. The van der Waals surface area contributed by atoms with E-state index in [0.29, 0.717) is 24.9 Å². The molecule has 13 nitrogen and oxygen atoms in total. The van der Waals surface area contributed by atoms with Crippen LogP contribution in [0, 0.1) is 0 Å². The summed E-state index contributed by atoms with van der Waals surface area (Å²) in [6, 6.07) is 10.2. The van der Waals surface area contributed by atoms with Gasteiger partial charge in [0.2, 0.25) is 23.6 Å². The first kappa shape index (κ1) is 33.7. The second kappa shape index (κ2) is 17.4. The molecule has 13 heteroatoms. The minimum absolute atomic E-state index is 0.00398. The van der Waals surface area contributed by atoms with E-state index in [9.17, 15) is 34.2 Å². The number of carboxylic acids is 1. The van der Waals surface area contributed by atoms with Crippen LogP contribution in [0.5, 0.6) is 5.75 Å². The van der Waals surface area contributed by atoms with Gasteiger partial charge in [-0.3, -0.25) is 19.2 Å². The van der Waals surface area contributed by atoms with Crippen LogP contribution in [0.25, 0.3) is 0 Å². The number of carbonyl (C=O) groups excluding carboxylic acids is 4. The molecule has 0 aromatic heterocycles. The van der Waals surface area contributed by atoms with Gasteiger partial charge in [0.15, 0.2) is 0 Å². The number of aromatic hydroxyl groups is 1. The zero-order chi connectivity index (χ0) is 31.1. The van der Waals surface area contributed by atoms with Crippen molar-refractivity contribution in [3.63, 3.8) is 0 Å². The van der Waals surface area contributed by atoms with Crippen LogP contribution in [0.15, 0.2) is 54.6 Å². The summed E-state index contributed by atoms with van der Waals surface area (Å²) in [7, 11) is 0. The van der Waals surface area contributed by atoms with Crippen molar-refractivity contribution in [3.05, 3.63) is 65.7 Å². The van der Waals surface area contributed by atoms with Crippen molar-refractivity contribution in [3.8, 4) is 5.75 Å². The van der Waals surface area contributed by atoms with Gasteiger partial charge in [-0.1, -0.05) is 42.5 Å². The number of nitrogens with two attached hydrogens (primary N) is 3. The van der Waals surface area contributed by atoms with Crippen LogP contribution in [0.4, 0.5) is 0 Å². The molecule has 0 aliphatic heterocycles. The third-order valence-corrected chi connectivity index (χ3v) is 6.52. The summed E-state index contributed by atoms with van der Waals surface area (Å²) >= 11 is 0. The van der Waals surface area contributed by atoms with Crippen molar-refractivity contribution in [1.29, 1.82) is 0 Å². The number of hydrogen-bond donors (Lipinski definition) is 8. The Morgan fingerprint density at radius 3 is 1.88 bits per heavy atom. The summed E-state index contributed by atoms with van der Waals surface area (Å²) in [6.45, 7) is 0.368. The largest absolute Gasteiger partial charge is 0.508 e. The van der Waals surface area contributed by atoms with E-state index in [4.69, 9.17) is 17.2 Å². The van der Waals surface area contributed by atoms with Crippen LogP contribution in [0.3, 0.4) is 0 Å². The molecular formula is C29H40N6O7. The van der Waals surface area contributed by atoms with Gasteiger partial charge >= 0.3 is 5.97 Å². The molecule has 0 radical (unpaired) electrons. The molecule has 0 heterocycles. The molecule has 4 atom stereocenters. The lowest BCUT2D eigenvalue weighted by Gasteiger charge is -2.25. The molecule has 0 saturated carbocycles. The van der Waals surface area contributed by atoms with Crippen LogP contribution >= 0.6 is 0 Å². The Morgan fingerprint density at radius 1 is 0.714 bits per heavy atom. The van der Waals surface area contributed by atoms with E-state index in [0.717, 1.165) is 5.56 Å². The van der Waals surface area contributed by atoms with Crippen LogP contribution in [-0.2, 0) is 36.8 Å². The quantitative estimate of drug-likeness (QED) is 0.105. The van der Waals surface area contributed by atoms with E-state index >= 15 is 0 Å². The van der Waals surface area contributed by atoms with Crippen molar-refractivity contribution in [2.24, 2.45) is 17.2 Å². The Morgan fingerprint density at radius 2 is 1.29 bits per heavy atom. The first-order valence-corrected chi connectivity index (χ1v) is 13.7. The highest BCUT2D eigenvalue weighted by Gasteiger charge is 2.30. The molecule has 4 amide bonds. The fourth-order valence-corrected chi connectivity index (χ4v) is 4.17. The van der Waals surface area contributed by atoms with Gasteiger partial charge in [-0.25, -0.2) is 4.79 Å². The third-order valence-electron chi connectivity index (χ3n) is 6.52. The van der Waals surface area contributed by atoms with Gasteiger partial charge in [0, 0.05) is 12.8 Å². The number of rotatable bonds is 18. The number of amides is 4. The maximum atomic E-state index is 13.4. The Labute approximate surface area is 244 Å². The lowest BCUT2D eigenvalue weighted by Crippen LogP contribution is -2.57. The lowest BCUT2D eigenvalue weighted by atomic mass is 10.0. The van der Waals surface area contributed by atoms with Crippen LogP contribution in [0.2, 0.25) is 0 Å². The van der Waals surface area contributed by atoms with Gasteiger partial charge in [0.05, 0.1) is 6.04 Å². The van der Waals surface area contributed by atoms with E-state index in [1.54, 1.807) is 36.4 Å². The number of primary amides is 1. The SMILES string of the molecule is NCCCCC(NC(=O)C(Cc1ccc(O)cc1)NC(=O)C(CCC(N)=O)NC(=O)C(N)Cc1ccccc1)C(=O)O. The van der Waals surface area contributed by atoms with Crippen molar-refractivity contribution in [2.75, 3.05) is 6.54 Å². The monoisotopic (exact) mass is 584 g/mol. The molecule has 0 aliphatic carbocycles. The topological polar surface area (TPSA) is 240 Å². The summed E-state index contributed by atoms with van der Waals surface area (Å²) in [5.41, 5.74) is 18.2. The fourth-order valence-electron chi connectivity index (χ4n) is 4.17. The highest BCUT2D eigenvalue weighted by Crippen LogP contribution is 2.13. The molecule has 0 spiro atoms. The highest BCUT2D eigenvalue weighted by atomic mass is 16.4. The number of unbranched alkanes of at least 4 members (excludes halogenated alkanes) is 1. The van der Waals surface area contributed by atoms with Crippen LogP contribution < -0.4 is 33.2 Å². The number of carbonyl (C=O) groups is 5. The van der Waals surface area contributed by atoms with Gasteiger partial charge in [-0.05, 0) is 61.9 Å². The number of hydrogen-bond acceptors (Lipinski definition) is 8.